The first-order chi connectivity index (χ1) is 12.2. The van der Waals surface area contributed by atoms with Gasteiger partial charge in [-0.2, -0.15) is 0 Å². The van der Waals surface area contributed by atoms with E-state index in [-0.39, 0.29) is 12.6 Å². The van der Waals surface area contributed by atoms with Crippen LogP contribution in [0.4, 0.5) is 5.69 Å². The molecule has 0 aliphatic carbocycles. The third-order valence-electron chi connectivity index (χ3n) is 4.19. The van der Waals surface area contributed by atoms with Crippen molar-refractivity contribution in [1.82, 2.24) is 4.98 Å². The summed E-state index contributed by atoms with van der Waals surface area (Å²) >= 11 is 0. The van der Waals surface area contributed by atoms with Gasteiger partial charge >= 0.3 is 0 Å². The maximum absolute atomic E-state index is 9.75. The fourth-order valence-corrected chi connectivity index (χ4v) is 2.82. The molecule has 0 aliphatic heterocycles. The summed E-state index contributed by atoms with van der Waals surface area (Å²) in [6.45, 7) is 1.99. The van der Waals surface area contributed by atoms with Gasteiger partial charge in [0.15, 0.2) is 0 Å². The Morgan fingerprint density at radius 1 is 1.08 bits per heavy atom. The normalized spacial score (nSPS) is 11.8. The summed E-state index contributed by atoms with van der Waals surface area (Å²) in [5.74, 6) is 0.813. The number of anilines is 1. The van der Waals surface area contributed by atoms with Gasteiger partial charge in [-0.3, -0.25) is 4.98 Å². The summed E-state index contributed by atoms with van der Waals surface area (Å²) in [5.41, 5.74) is 4.93. The summed E-state index contributed by atoms with van der Waals surface area (Å²) in [4.78, 5) is 4.51. The van der Waals surface area contributed by atoms with Gasteiger partial charge in [0.25, 0.3) is 0 Å². The summed E-state index contributed by atoms with van der Waals surface area (Å²) < 4.78 is 5.32. The average Bonchev–Trinajstić information content (AvgIpc) is 2.68. The number of aryl methyl sites for hydroxylation is 1. The molecule has 0 radical (unpaired) electrons. The number of aliphatic hydroxyl groups excluding tert-OH is 1. The van der Waals surface area contributed by atoms with Gasteiger partial charge in [0.1, 0.15) is 5.75 Å². The van der Waals surface area contributed by atoms with Crippen molar-refractivity contribution in [2.45, 2.75) is 13.0 Å². The van der Waals surface area contributed by atoms with E-state index >= 15 is 0 Å². The number of hydrogen-bond acceptors (Lipinski definition) is 4. The van der Waals surface area contributed by atoms with E-state index < -0.39 is 0 Å². The van der Waals surface area contributed by atoms with Crippen LogP contribution in [-0.2, 0) is 0 Å². The van der Waals surface area contributed by atoms with Crippen LogP contribution in [0.15, 0.2) is 66.9 Å². The smallest absolute Gasteiger partial charge is 0.119 e. The highest BCUT2D eigenvalue weighted by molar-refractivity contribution is 5.71. The van der Waals surface area contributed by atoms with E-state index in [0.717, 1.165) is 33.8 Å². The van der Waals surface area contributed by atoms with Gasteiger partial charge < -0.3 is 15.2 Å². The number of methoxy groups -OCH3 is 1. The van der Waals surface area contributed by atoms with Crippen molar-refractivity contribution in [3.05, 3.63) is 78.1 Å². The van der Waals surface area contributed by atoms with Gasteiger partial charge in [0, 0.05) is 11.3 Å². The zero-order valence-electron chi connectivity index (χ0n) is 14.4. The van der Waals surface area contributed by atoms with Crippen LogP contribution in [0.3, 0.4) is 0 Å². The minimum absolute atomic E-state index is 0.00633. The Labute approximate surface area is 148 Å². The second-order valence-corrected chi connectivity index (χ2v) is 5.88. The highest BCUT2D eigenvalue weighted by Crippen LogP contribution is 2.29. The number of aromatic nitrogens is 1. The molecule has 1 atom stereocenters. The van der Waals surface area contributed by atoms with E-state index in [0.29, 0.717) is 0 Å². The van der Waals surface area contributed by atoms with Crippen LogP contribution in [-0.4, -0.2) is 23.8 Å². The second-order valence-electron chi connectivity index (χ2n) is 5.88. The third kappa shape index (κ3) is 3.98. The molecule has 4 nitrogen and oxygen atoms in total. The van der Waals surface area contributed by atoms with Gasteiger partial charge in [-0.05, 0) is 36.2 Å². The predicted octanol–water partition coefficient (Wildman–Crippen LogP) is 4.21. The van der Waals surface area contributed by atoms with E-state index in [1.54, 1.807) is 13.3 Å². The Bertz CT molecular complexity index is 834. The SMILES string of the molecule is COc1cccc(-c2cc(NC(CO)c3ccccc3)cnc2C)c1. The summed E-state index contributed by atoms with van der Waals surface area (Å²) in [6.07, 6.45) is 1.80. The fourth-order valence-electron chi connectivity index (χ4n) is 2.82. The van der Waals surface area contributed by atoms with Crippen molar-refractivity contribution in [1.29, 1.82) is 0 Å². The van der Waals surface area contributed by atoms with E-state index in [9.17, 15) is 5.11 Å². The molecule has 128 valence electrons. The number of nitrogens with zero attached hydrogens (tertiary/aromatic N) is 1. The molecule has 2 N–H and O–H groups in total. The van der Waals surface area contributed by atoms with Gasteiger partial charge in [0.05, 0.1) is 31.6 Å². The number of rotatable bonds is 6. The number of pyridine rings is 1. The van der Waals surface area contributed by atoms with Gasteiger partial charge in [0.2, 0.25) is 0 Å². The molecule has 0 saturated carbocycles. The molecular weight excluding hydrogens is 312 g/mol. The average molecular weight is 334 g/mol. The number of nitrogens with one attached hydrogen (secondary N) is 1. The maximum Gasteiger partial charge on any atom is 0.119 e. The predicted molar refractivity (Wildman–Crippen MR) is 101 cm³/mol. The molecule has 1 aromatic heterocycles. The molecule has 3 aromatic rings. The molecule has 1 unspecified atom stereocenters. The Balaban J connectivity index is 1.91. The fraction of sp³-hybridized carbons (Fsp3) is 0.190. The minimum Gasteiger partial charge on any atom is -0.497 e. The van der Waals surface area contributed by atoms with Crippen LogP contribution in [0.1, 0.15) is 17.3 Å². The van der Waals surface area contributed by atoms with Crippen LogP contribution >= 0.6 is 0 Å². The lowest BCUT2D eigenvalue weighted by atomic mass is 10.0. The van der Waals surface area contributed by atoms with Crippen LogP contribution in [0.25, 0.3) is 11.1 Å². The van der Waals surface area contributed by atoms with E-state index in [1.807, 2.05) is 61.5 Å². The largest absolute Gasteiger partial charge is 0.497 e. The second kappa shape index (κ2) is 7.81. The molecule has 0 spiro atoms. The van der Waals surface area contributed by atoms with Crippen molar-refractivity contribution in [3.63, 3.8) is 0 Å². The lowest BCUT2D eigenvalue weighted by molar-refractivity contribution is 0.276. The van der Waals surface area contributed by atoms with E-state index in [2.05, 4.69) is 16.4 Å². The molecule has 0 aliphatic rings. The first-order valence-corrected chi connectivity index (χ1v) is 8.24. The number of hydrogen-bond donors (Lipinski definition) is 2. The molecular formula is C21H22N2O2. The molecule has 3 rings (SSSR count). The van der Waals surface area contributed by atoms with Crippen LogP contribution in [0, 0.1) is 6.92 Å². The molecule has 0 fully saturated rings. The summed E-state index contributed by atoms with van der Waals surface area (Å²) in [6, 6.07) is 19.7. The number of aliphatic hydroxyl groups is 1. The highest BCUT2D eigenvalue weighted by Gasteiger charge is 2.12. The zero-order valence-corrected chi connectivity index (χ0v) is 14.4. The molecule has 25 heavy (non-hydrogen) atoms. The van der Waals surface area contributed by atoms with E-state index in [1.165, 1.54) is 0 Å². The van der Waals surface area contributed by atoms with Crippen molar-refractivity contribution in [2.75, 3.05) is 19.0 Å². The van der Waals surface area contributed by atoms with Crippen molar-refractivity contribution in [2.24, 2.45) is 0 Å². The zero-order chi connectivity index (χ0) is 17.6. The summed E-state index contributed by atoms with van der Waals surface area (Å²) in [5, 5.41) is 13.1. The minimum atomic E-state index is -0.177. The van der Waals surface area contributed by atoms with Crippen LogP contribution < -0.4 is 10.1 Å². The highest BCUT2D eigenvalue weighted by atomic mass is 16.5. The first kappa shape index (κ1) is 17.0. The van der Waals surface area contributed by atoms with Crippen molar-refractivity contribution < 1.29 is 9.84 Å². The standard InChI is InChI=1S/C21H22N2O2/c1-15-20(17-9-6-10-19(11-17)25-2)12-18(13-22-15)23-21(14-24)16-7-4-3-5-8-16/h3-13,21,23-24H,14H2,1-2H3. The molecule has 0 bridgehead atoms. The first-order valence-electron chi connectivity index (χ1n) is 8.24. The molecule has 0 saturated heterocycles. The lowest BCUT2D eigenvalue weighted by Gasteiger charge is -2.19. The molecule has 2 aromatic carbocycles. The Kier molecular flexibility index (Phi) is 5.31. The van der Waals surface area contributed by atoms with Gasteiger partial charge in [-0.1, -0.05) is 42.5 Å². The number of benzene rings is 2. The molecule has 0 amide bonds. The number of ether oxygens (including phenoxy) is 1. The van der Waals surface area contributed by atoms with Crippen molar-refractivity contribution in [3.8, 4) is 16.9 Å². The van der Waals surface area contributed by atoms with Gasteiger partial charge in [-0.15, -0.1) is 0 Å². The monoisotopic (exact) mass is 334 g/mol. The van der Waals surface area contributed by atoms with Crippen molar-refractivity contribution >= 4 is 5.69 Å². The third-order valence-corrected chi connectivity index (χ3v) is 4.19. The molecule has 1 heterocycles. The lowest BCUT2D eigenvalue weighted by Crippen LogP contribution is -2.15. The summed E-state index contributed by atoms with van der Waals surface area (Å²) in [7, 11) is 1.66. The Hall–Kier alpha value is -2.85. The topological polar surface area (TPSA) is 54.4 Å². The van der Waals surface area contributed by atoms with Crippen LogP contribution in [0.5, 0.6) is 5.75 Å². The quantitative estimate of drug-likeness (QED) is 0.709. The van der Waals surface area contributed by atoms with Gasteiger partial charge in [-0.25, -0.2) is 0 Å². The van der Waals surface area contributed by atoms with E-state index in [4.69, 9.17) is 4.74 Å². The Morgan fingerprint density at radius 2 is 1.88 bits per heavy atom. The maximum atomic E-state index is 9.75. The Morgan fingerprint density at radius 3 is 2.60 bits per heavy atom. The molecule has 4 heteroatoms. The van der Waals surface area contributed by atoms with Crippen LogP contribution in [0.2, 0.25) is 0 Å².